The van der Waals surface area contributed by atoms with Gasteiger partial charge in [0.25, 0.3) is 0 Å². The van der Waals surface area contributed by atoms with Gasteiger partial charge >= 0.3 is 0 Å². The number of fused-ring (bicyclic) bond motifs is 1. The Bertz CT molecular complexity index is 1010. The number of hydrogen-bond acceptors (Lipinski definition) is 6. The topological polar surface area (TPSA) is 81.4 Å². The molecule has 4 aromatic rings. The minimum absolute atomic E-state index is 0.671. The van der Waals surface area contributed by atoms with Gasteiger partial charge < -0.3 is 5.32 Å². The van der Waals surface area contributed by atoms with Gasteiger partial charge in [-0.15, -0.1) is 0 Å². The second-order valence-corrected chi connectivity index (χ2v) is 6.34. The van der Waals surface area contributed by atoms with E-state index in [1.54, 1.807) is 17.1 Å². The molecule has 0 aliphatic heterocycles. The van der Waals surface area contributed by atoms with Crippen molar-refractivity contribution < 1.29 is 0 Å². The molecule has 0 atom stereocenters. The summed E-state index contributed by atoms with van der Waals surface area (Å²) in [5, 5.41) is 8.72. The lowest BCUT2D eigenvalue weighted by Crippen LogP contribution is -2.06. The highest BCUT2D eigenvalue weighted by Gasteiger charge is 2.12. The molecule has 0 saturated carbocycles. The summed E-state index contributed by atoms with van der Waals surface area (Å²) in [5.41, 5.74) is 2.88. The third kappa shape index (κ3) is 3.92. The summed E-state index contributed by atoms with van der Waals surface area (Å²) in [5.74, 6) is 1.49. The van der Waals surface area contributed by atoms with E-state index in [1.807, 2.05) is 43.7 Å². The fraction of sp³-hybridized carbons (Fsp3) is 0.250. The molecule has 0 bridgehead atoms. The van der Waals surface area contributed by atoms with Crippen molar-refractivity contribution in [3.8, 4) is 11.4 Å². The van der Waals surface area contributed by atoms with Gasteiger partial charge in [0, 0.05) is 43.4 Å². The third-order valence-electron chi connectivity index (χ3n) is 4.41. The normalized spacial score (nSPS) is 11.0. The highest BCUT2D eigenvalue weighted by Crippen LogP contribution is 2.24. The monoisotopic (exact) mass is 359 g/mol. The van der Waals surface area contributed by atoms with E-state index in [9.17, 15) is 0 Å². The van der Waals surface area contributed by atoms with Crippen LogP contribution < -0.4 is 5.32 Å². The van der Waals surface area contributed by atoms with Crippen molar-refractivity contribution in [2.45, 2.75) is 19.3 Å². The molecule has 1 N–H and O–H groups in total. The van der Waals surface area contributed by atoms with Crippen molar-refractivity contribution in [2.24, 2.45) is 7.05 Å². The van der Waals surface area contributed by atoms with E-state index in [0.717, 1.165) is 53.9 Å². The van der Waals surface area contributed by atoms with E-state index in [0.29, 0.717) is 5.82 Å². The SMILES string of the molecule is Cn1ncc2c(NCCCCc3ccccn3)nc(-c3ccncc3)nc21. The Kier molecular flexibility index (Phi) is 5.00. The van der Waals surface area contributed by atoms with Gasteiger partial charge in [-0.05, 0) is 43.5 Å². The molecule has 0 aliphatic carbocycles. The average Bonchev–Trinajstić information content (AvgIpc) is 3.10. The molecule has 0 fully saturated rings. The predicted molar refractivity (Wildman–Crippen MR) is 105 cm³/mol. The minimum atomic E-state index is 0.671. The summed E-state index contributed by atoms with van der Waals surface area (Å²) in [6.45, 7) is 0.837. The van der Waals surface area contributed by atoms with E-state index in [-0.39, 0.29) is 0 Å². The van der Waals surface area contributed by atoms with Crippen molar-refractivity contribution in [2.75, 3.05) is 11.9 Å². The van der Waals surface area contributed by atoms with Gasteiger partial charge in [-0.2, -0.15) is 5.10 Å². The maximum Gasteiger partial charge on any atom is 0.164 e. The van der Waals surface area contributed by atoms with Crippen LogP contribution in [0.5, 0.6) is 0 Å². The maximum atomic E-state index is 4.72. The largest absolute Gasteiger partial charge is 0.369 e. The van der Waals surface area contributed by atoms with E-state index >= 15 is 0 Å². The third-order valence-corrected chi connectivity index (χ3v) is 4.41. The molecule has 4 rings (SSSR count). The molecule has 0 aliphatic rings. The van der Waals surface area contributed by atoms with Crippen LogP contribution in [0.4, 0.5) is 5.82 Å². The van der Waals surface area contributed by atoms with Crippen molar-refractivity contribution >= 4 is 16.9 Å². The second-order valence-electron chi connectivity index (χ2n) is 6.34. The molecule has 4 heterocycles. The molecule has 136 valence electrons. The fourth-order valence-corrected chi connectivity index (χ4v) is 2.97. The predicted octanol–water partition coefficient (Wildman–Crippen LogP) is 3.26. The Morgan fingerprint density at radius 2 is 1.89 bits per heavy atom. The highest BCUT2D eigenvalue weighted by molar-refractivity contribution is 5.88. The van der Waals surface area contributed by atoms with Gasteiger partial charge in [0.2, 0.25) is 0 Å². The van der Waals surface area contributed by atoms with Crippen molar-refractivity contribution in [1.82, 2.24) is 29.7 Å². The molecule has 7 nitrogen and oxygen atoms in total. The number of unbranched alkanes of at least 4 members (excludes halogenated alkanes) is 1. The van der Waals surface area contributed by atoms with Crippen LogP contribution in [0.15, 0.2) is 55.1 Å². The number of aromatic nitrogens is 6. The van der Waals surface area contributed by atoms with Gasteiger partial charge in [-0.25, -0.2) is 9.97 Å². The first kappa shape index (κ1) is 17.1. The quantitative estimate of drug-likeness (QED) is 0.510. The zero-order chi connectivity index (χ0) is 18.5. The molecule has 7 heteroatoms. The molecule has 0 saturated heterocycles. The number of anilines is 1. The second kappa shape index (κ2) is 7.90. The summed E-state index contributed by atoms with van der Waals surface area (Å²) in [7, 11) is 1.89. The zero-order valence-electron chi connectivity index (χ0n) is 15.2. The Labute approximate surface area is 157 Å². The smallest absolute Gasteiger partial charge is 0.164 e. The summed E-state index contributed by atoms with van der Waals surface area (Å²) in [6.07, 6.45) is 10.2. The first-order valence-corrected chi connectivity index (χ1v) is 9.05. The number of pyridine rings is 2. The zero-order valence-corrected chi connectivity index (χ0v) is 15.2. The minimum Gasteiger partial charge on any atom is -0.369 e. The first-order chi connectivity index (χ1) is 13.3. The molecule has 0 amide bonds. The van der Waals surface area contributed by atoms with E-state index in [1.165, 1.54) is 0 Å². The van der Waals surface area contributed by atoms with Crippen LogP contribution in [0.25, 0.3) is 22.4 Å². The van der Waals surface area contributed by atoms with Crippen LogP contribution >= 0.6 is 0 Å². The number of aryl methyl sites for hydroxylation is 2. The Morgan fingerprint density at radius 3 is 2.70 bits per heavy atom. The molecule has 0 radical (unpaired) electrons. The van der Waals surface area contributed by atoms with Gasteiger partial charge in [-0.3, -0.25) is 14.6 Å². The van der Waals surface area contributed by atoms with Crippen LogP contribution in [-0.4, -0.2) is 36.3 Å². The van der Waals surface area contributed by atoms with Crippen molar-refractivity contribution in [1.29, 1.82) is 0 Å². The van der Waals surface area contributed by atoms with Gasteiger partial charge in [0.1, 0.15) is 5.82 Å². The molecule has 27 heavy (non-hydrogen) atoms. The van der Waals surface area contributed by atoms with E-state index in [4.69, 9.17) is 4.98 Å². The van der Waals surface area contributed by atoms with Gasteiger partial charge in [0.05, 0.1) is 11.6 Å². The number of nitrogens with one attached hydrogen (secondary N) is 1. The molecule has 0 spiro atoms. The van der Waals surface area contributed by atoms with Gasteiger partial charge in [0.15, 0.2) is 11.5 Å². The lowest BCUT2D eigenvalue weighted by molar-refractivity contribution is 0.748. The Morgan fingerprint density at radius 1 is 1.00 bits per heavy atom. The highest BCUT2D eigenvalue weighted by atomic mass is 15.3. The summed E-state index contributed by atoms with van der Waals surface area (Å²) >= 11 is 0. The van der Waals surface area contributed by atoms with E-state index in [2.05, 4.69) is 31.4 Å². The fourth-order valence-electron chi connectivity index (χ4n) is 2.97. The number of nitrogens with zero attached hydrogens (tertiary/aromatic N) is 6. The average molecular weight is 359 g/mol. The van der Waals surface area contributed by atoms with Crippen LogP contribution in [0, 0.1) is 0 Å². The van der Waals surface area contributed by atoms with Crippen LogP contribution in [-0.2, 0) is 13.5 Å². The number of rotatable bonds is 7. The molecule has 0 unspecified atom stereocenters. The van der Waals surface area contributed by atoms with Crippen LogP contribution in [0.1, 0.15) is 18.5 Å². The maximum absolute atomic E-state index is 4.72. The van der Waals surface area contributed by atoms with Crippen LogP contribution in [0.2, 0.25) is 0 Å². The summed E-state index contributed by atoms with van der Waals surface area (Å²) < 4.78 is 1.77. The molecule has 0 aromatic carbocycles. The lowest BCUT2D eigenvalue weighted by Gasteiger charge is -2.09. The summed E-state index contributed by atoms with van der Waals surface area (Å²) in [6, 6.07) is 9.86. The molecule has 4 aromatic heterocycles. The molecular formula is C20H21N7. The lowest BCUT2D eigenvalue weighted by atomic mass is 10.2. The van der Waals surface area contributed by atoms with Crippen molar-refractivity contribution in [3.63, 3.8) is 0 Å². The van der Waals surface area contributed by atoms with Crippen LogP contribution in [0.3, 0.4) is 0 Å². The van der Waals surface area contributed by atoms with Crippen molar-refractivity contribution in [3.05, 3.63) is 60.8 Å². The van der Waals surface area contributed by atoms with Gasteiger partial charge in [-0.1, -0.05) is 6.07 Å². The standard InChI is InChI=1S/C20H21N7/c1-27-20-17(14-24-27)19(25-18(26-20)15-8-12-21-13-9-15)23-11-5-3-7-16-6-2-4-10-22-16/h2,4,6,8-10,12-14H,3,5,7,11H2,1H3,(H,23,25,26). The molecular weight excluding hydrogens is 338 g/mol. The Hall–Kier alpha value is -3.35. The Balaban J connectivity index is 1.47. The summed E-state index contributed by atoms with van der Waals surface area (Å²) in [4.78, 5) is 17.8. The first-order valence-electron chi connectivity index (χ1n) is 9.05. The van der Waals surface area contributed by atoms with E-state index < -0.39 is 0 Å². The number of hydrogen-bond donors (Lipinski definition) is 1.